The van der Waals surface area contributed by atoms with Crippen molar-refractivity contribution in [2.24, 2.45) is 0 Å². The molecular formula is C15H13F2N3O3. The summed E-state index contributed by atoms with van der Waals surface area (Å²) < 4.78 is 31.2. The number of ether oxygens (including phenoxy) is 1. The Morgan fingerprint density at radius 1 is 1.30 bits per heavy atom. The molecule has 120 valence electrons. The molecule has 0 radical (unpaired) electrons. The molecule has 2 aromatic rings. The number of carbonyl (C=O) groups is 2. The summed E-state index contributed by atoms with van der Waals surface area (Å²) in [6, 6.07) is 2.35. The largest absolute Gasteiger partial charge is 0.451 e. The summed E-state index contributed by atoms with van der Waals surface area (Å²) in [4.78, 5) is 30.7. The fourth-order valence-electron chi connectivity index (χ4n) is 1.82. The summed E-state index contributed by atoms with van der Waals surface area (Å²) in [5, 5.41) is 2.45. The summed E-state index contributed by atoms with van der Waals surface area (Å²) in [6.45, 7) is 0.973. The second-order valence-electron chi connectivity index (χ2n) is 4.62. The van der Waals surface area contributed by atoms with E-state index in [2.05, 4.69) is 15.3 Å². The molecule has 2 rings (SSSR count). The van der Waals surface area contributed by atoms with Crippen LogP contribution < -0.4 is 5.32 Å². The number of halogens is 2. The fraction of sp³-hybridized carbons (Fsp3) is 0.200. The van der Waals surface area contributed by atoms with E-state index in [4.69, 9.17) is 4.74 Å². The molecule has 1 aromatic heterocycles. The van der Waals surface area contributed by atoms with E-state index < -0.39 is 36.2 Å². The highest BCUT2D eigenvalue weighted by Crippen LogP contribution is 2.17. The predicted octanol–water partition coefficient (Wildman–Crippen LogP) is 1.79. The molecule has 0 saturated carbocycles. The van der Waals surface area contributed by atoms with Crippen molar-refractivity contribution in [3.63, 3.8) is 0 Å². The Bertz CT molecular complexity index is 710. The second kappa shape index (κ2) is 7.39. The van der Waals surface area contributed by atoms with Gasteiger partial charge in [-0.15, -0.1) is 0 Å². The lowest BCUT2D eigenvalue weighted by molar-refractivity contribution is -0.124. The van der Waals surface area contributed by atoms with E-state index in [9.17, 15) is 18.4 Å². The third kappa shape index (κ3) is 4.53. The lowest BCUT2D eigenvalue weighted by Gasteiger charge is -2.15. The maximum Gasteiger partial charge on any atom is 0.359 e. The Hall–Kier alpha value is -2.90. The smallest absolute Gasteiger partial charge is 0.359 e. The molecule has 8 heteroatoms. The average molecular weight is 321 g/mol. The minimum absolute atomic E-state index is 0.0297. The van der Waals surface area contributed by atoms with Gasteiger partial charge in [0.15, 0.2) is 12.3 Å². The average Bonchev–Trinajstić information content (AvgIpc) is 2.53. The summed E-state index contributed by atoms with van der Waals surface area (Å²) in [6.07, 6.45) is 3.91. The van der Waals surface area contributed by atoms with Crippen molar-refractivity contribution in [2.75, 3.05) is 6.61 Å². The van der Waals surface area contributed by atoms with Gasteiger partial charge in [0.1, 0.15) is 11.6 Å². The van der Waals surface area contributed by atoms with Crippen molar-refractivity contribution in [3.8, 4) is 0 Å². The molecule has 0 unspecified atom stereocenters. The van der Waals surface area contributed by atoms with Crippen molar-refractivity contribution in [3.05, 3.63) is 59.7 Å². The molecule has 1 N–H and O–H groups in total. The number of aromatic nitrogens is 2. The van der Waals surface area contributed by atoms with Crippen LogP contribution in [0.5, 0.6) is 0 Å². The van der Waals surface area contributed by atoms with Crippen molar-refractivity contribution in [1.29, 1.82) is 0 Å². The van der Waals surface area contributed by atoms with Crippen molar-refractivity contribution in [1.82, 2.24) is 15.3 Å². The molecule has 0 fully saturated rings. The van der Waals surface area contributed by atoms with Gasteiger partial charge < -0.3 is 10.1 Å². The zero-order chi connectivity index (χ0) is 16.8. The summed E-state index contributed by atoms with van der Waals surface area (Å²) >= 11 is 0. The number of hydrogen-bond donors (Lipinski definition) is 1. The van der Waals surface area contributed by atoms with Crippen LogP contribution in [-0.4, -0.2) is 28.5 Å². The standard InChI is InChI=1S/C15H13F2N3O3/c1-9(11-3-2-10(16)6-12(11)17)20-14(21)8-23-15(22)13-7-18-4-5-19-13/h2-7,9H,8H2,1H3,(H,20,21)/t9-/m1/s1. The molecule has 6 nitrogen and oxygen atoms in total. The minimum Gasteiger partial charge on any atom is -0.451 e. The molecule has 1 heterocycles. The topological polar surface area (TPSA) is 81.2 Å². The lowest BCUT2D eigenvalue weighted by atomic mass is 10.1. The number of esters is 1. The molecule has 1 atom stereocenters. The number of carbonyl (C=O) groups excluding carboxylic acids is 2. The Morgan fingerprint density at radius 3 is 2.74 bits per heavy atom. The summed E-state index contributed by atoms with van der Waals surface area (Å²) in [7, 11) is 0. The van der Waals surface area contributed by atoms with Gasteiger partial charge >= 0.3 is 5.97 Å². The van der Waals surface area contributed by atoms with Gasteiger partial charge in [-0.25, -0.2) is 18.6 Å². The SMILES string of the molecule is C[C@@H](NC(=O)COC(=O)c1cnccn1)c1ccc(F)cc1F. The number of hydrogen-bond acceptors (Lipinski definition) is 5. The molecule has 1 aromatic carbocycles. The highest BCUT2D eigenvalue weighted by molar-refractivity contribution is 5.89. The fourth-order valence-corrected chi connectivity index (χ4v) is 1.82. The molecule has 0 aliphatic rings. The highest BCUT2D eigenvalue weighted by Gasteiger charge is 2.16. The maximum absolute atomic E-state index is 13.6. The van der Waals surface area contributed by atoms with Crippen LogP contribution in [0.2, 0.25) is 0 Å². The highest BCUT2D eigenvalue weighted by atomic mass is 19.1. The van der Waals surface area contributed by atoms with Gasteiger partial charge in [-0.1, -0.05) is 6.07 Å². The zero-order valence-electron chi connectivity index (χ0n) is 12.1. The maximum atomic E-state index is 13.6. The monoisotopic (exact) mass is 321 g/mol. The normalized spacial score (nSPS) is 11.6. The summed E-state index contributed by atoms with van der Waals surface area (Å²) in [5.41, 5.74) is 0.0953. The van der Waals surface area contributed by atoms with Crippen molar-refractivity contribution in [2.45, 2.75) is 13.0 Å². The number of amides is 1. The number of nitrogens with one attached hydrogen (secondary N) is 1. The first kappa shape index (κ1) is 16.5. The minimum atomic E-state index is -0.797. The Morgan fingerprint density at radius 2 is 2.09 bits per heavy atom. The third-order valence-electron chi connectivity index (χ3n) is 2.91. The van der Waals surface area contributed by atoms with Gasteiger partial charge in [0.25, 0.3) is 5.91 Å². The molecule has 0 bridgehead atoms. The molecule has 0 saturated heterocycles. The van der Waals surface area contributed by atoms with Gasteiger partial charge in [-0.3, -0.25) is 9.78 Å². The van der Waals surface area contributed by atoms with Crippen molar-refractivity contribution < 1.29 is 23.1 Å². The predicted molar refractivity (Wildman–Crippen MR) is 75.2 cm³/mol. The molecule has 0 aliphatic heterocycles. The molecule has 1 amide bonds. The van der Waals surface area contributed by atoms with Crippen LogP contribution in [-0.2, 0) is 9.53 Å². The van der Waals surface area contributed by atoms with E-state index in [-0.39, 0.29) is 11.3 Å². The Labute approximate surface area is 130 Å². The third-order valence-corrected chi connectivity index (χ3v) is 2.91. The Kier molecular flexibility index (Phi) is 5.29. The van der Waals surface area contributed by atoms with Crippen molar-refractivity contribution >= 4 is 11.9 Å². The van der Waals surface area contributed by atoms with Gasteiger partial charge in [0.2, 0.25) is 0 Å². The van der Waals surface area contributed by atoms with E-state index >= 15 is 0 Å². The van der Waals surface area contributed by atoms with E-state index in [1.54, 1.807) is 0 Å². The van der Waals surface area contributed by atoms with Gasteiger partial charge in [-0.2, -0.15) is 0 Å². The van der Waals surface area contributed by atoms with Crippen LogP contribution in [0.1, 0.15) is 29.0 Å². The number of nitrogens with zero attached hydrogens (tertiary/aromatic N) is 2. The molecule has 23 heavy (non-hydrogen) atoms. The first-order chi connectivity index (χ1) is 11.0. The van der Waals surface area contributed by atoms with E-state index in [0.29, 0.717) is 0 Å². The lowest BCUT2D eigenvalue weighted by Crippen LogP contribution is -2.31. The van der Waals surface area contributed by atoms with E-state index in [1.807, 2.05) is 0 Å². The second-order valence-corrected chi connectivity index (χ2v) is 4.62. The number of rotatable bonds is 5. The van der Waals surface area contributed by atoms with Crippen LogP contribution in [0.25, 0.3) is 0 Å². The van der Waals surface area contributed by atoms with Crippen LogP contribution in [0.3, 0.4) is 0 Å². The zero-order valence-corrected chi connectivity index (χ0v) is 12.1. The summed E-state index contributed by atoms with van der Waals surface area (Å²) in [5.74, 6) is -2.90. The number of benzene rings is 1. The van der Waals surface area contributed by atoms with Crippen LogP contribution in [0.15, 0.2) is 36.8 Å². The first-order valence-corrected chi connectivity index (χ1v) is 6.65. The molecule has 0 spiro atoms. The van der Waals surface area contributed by atoms with Crippen LogP contribution in [0.4, 0.5) is 8.78 Å². The van der Waals surface area contributed by atoms with Gasteiger partial charge in [-0.05, 0) is 13.0 Å². The first-order valence-electron chi connectivity index (χ1n) is 6.65. The molecular weight excluding hydrogens is 308 g/mol. The molecule has 0 aliphatic carbocycles. The van der Waals surface area contributed by atoms with E-state index in [0.717, 1.165) is 12.1 Å². The Balaban J connectivity index is 1.88. The van der Waals surface area contributed by atoms with Gasteiger partial charge in [0, 0.05) is 24.0 Å². The van der Waals surface area contributed by atoms with Gasteiger partial charge in [0.05, 0.1) is 12.2 Å². The quantitative estimate of drug-likeness (QED) is 0.849. The van der Waals surface area contributed by atoms with Crippen LogP contribution in [0, 0.1) is 11.6 Å². The van der Waals surface area contributed by atoms with Crippen LogP contribution >= 0.6 is 0 Å². The van der Waals surface area contributed by atoms with E-state index in [1.165, 1.54) is 31.6 Å².